The molecule has 4 N–H and O–H groups in total. The van der Waals surface area contributed by atoms with Crippen LogP contribution >= 0.6 is 0 Å². The Morgan fingerprint density at radius 2 is 2.10 bits per heavy atom. The fourth-order valence-corrected chi connectivity index (χ4v) is 2.09. The average molecular weight is 263 g/mol. The second-order valence-corrected chi connectivity index (χ2v) is 4.66. The second-order valence-electron chi connectivity index (χ2n) is 4.66. The van der Waals surface area contributed by atoms with E-state index < -0.39 is 0 Å². The number of fused-ring (bicyclic) bond motifs is 1. The lowest BCUT2D eigenvalue weighted by atomic mass is 10.1. The molecule has 0 saturated heterocycles. The van der Waals surface area contributed by atoms with Crippen LogP contribution in [0.5, 0.6) is 0 Å². The maximum Gasteiger partial charge on any atom is 0.0992 e. The number of benzene rings is 2. The van der Waals surface area contributed by atoms with Crippen LogP contribution in [0.25, 0.3) is 10.9 Å². The first-order chi connectivity index (χ1) is 9.67. The van der Waals surface area contributed by atoms with Gasteiger partial charge < -0.3 is 11.1 Å². The number of H-pyrrole nitrogens is 1. The molecular formula is C15H13N5. The Labute approximate surface area is 116 Å². The molecule has 98 valence electrons. The van der Waals surface area contributed by atoms with E-state index in [1.54, 1.807) is 12.3 Å². The Morgan fingerprint density at radius 1 is 1.25 bits per heavy atom. The van der Waals surface area contributed by atoms with Crippen LogP contribution in [0, 0.1) is 18.3 Å². The highest BCUT2D eigenvalue weighted by molar-refractivity contribution is 5.90. The molecule has 5 nitrogen and oxygen atoms in total. The third kappa shape index (κ3) is 2.04. The van der Waals surface area contributed by atoms with E-state index in [2.05, 4.69) is 21.6 Å². The summed E-state index contributed by atoms with van der Waals surface area (Å²) in [6, 6.07) is 11.4. The highest BCUT2D eigenvalue weighted by atomic mass is 15.1. The van der Waals surface area contributed by atoms with Crippen molar-refractivity contribution in [1.29, 1.82) is 5.26 Å². The van der Waals surface area contributed by atoms with Crippen molar-refractivity contribution in [2.45, 2.75) is 6.92 Å². The van der Waals surface area contributed by atoms with Gasteiger partial charge in [0.05, 0.1) is 34.7 Å². The zero-order valence-corrected chi connectivity index (χ0v) is 10.9. The van der Waals surface area contributed by atoms with Gasteiger partial charge in [0.2, 0.25) is 0 Å². The Bertz CT molecular complexity index is 826. The Kier molecular flexibility index (Phi) is 2.77. The average Bonchev–Trinajstić information content (AvgIpc) is 2.88. The molecule has 0 atom stereocenters. The molecule has 0 spiro atoms. The molecule has 20 heavy (non-hydrogen) atoms. The number of nitrogens with zero attached hydrogens (tertiary/aromatic N) is 2. The van der Waals surface area contributed by atoms with Gasteiger partial charge in [0.1, 0.15) is 0 Å². The number of nitrogen functional groups attached to an aromatic ring is 1. The SMILES string of the molecule is Cc1ccc(C#N)cc1Nc1cc2[nH]ncc2cc1N. The van der Waals surface area contributed by atoms with Crippen molar-refractivity contribution in [1.82, 2.24) is 10.2 Å². The van der Waals surface area contributed by atoms with Crippen LogP contribution < -0.4 is 11.1 Å². The van der Waals surface area contributed by atoms with Gasteiger partial charge in [0, 0.05) is 11.1 Å². The van der Waals surface area contributed by atoms with Crippen LogP contribution in [0.4, 0.5) is 17.1 Å². The van der Waals surface area contributed by atoms with Crippen molar-refractivity contribution in [3.05, 3.63) is 47.7 Å². The fourth-order valence-electron chi connectivity index (χ4n) is 2.09. The first-order valence-electron chi connectivity index (χ1n) is 6.18. The molecule has 0 aliphatic heterocycles. The predicted octanol–water partition coefficient (Wildman–Crippen LogP) is 3.07. The minimum absolute atomic E-state index is 0.610. The largest absolute Gasteiger partial charge is 0.397 e. The topological polar surface area (TPSA) is 90.5 Å². The maximum atomic E-state index is 8.97. The molecule has 0 aliphatic carbocycles. The standard InChI is InChI=1S/C15H13N5/c1-9-2-3-10(7-16)4-13(9)19-15-6-14-11(5-12(15)17)8-18-20-14/h2-6,8,19H,17H2,1H3,(H,18,20). The van der Waals surface area contributed by atoms with E-state index in [9.17, 15) is 0 Å². The zero-order chi connectivity index (χ0) is 14.1. The molecule has 1 aromatic heterocycles. The Hall–Kier alpha value is -3.00. The highest BCUT2D eigenvalue weighted by Gasteiger charge is 2.06. The number of hydrogen-bond donors (Lipinski definition) is 3. The lowest BCUT2D eigenvalue weighted by molar-refractivity contribution is 1.12. The molecule has 1 heterocycles. The molecule has 2 aromatic carbocycles. The van der Waals surface area contributed by atoms with Crippen molar-refractivity contribution in [2.75, 3.05) is 11.1 Å². The summed E-state index contributed by atoms with van der Waals surface area (Å²) in [5.41, 5.74) is 10.9. The first-order valence-corrected chi connectivity index (χ1v) is 6.18. The van der Waals surface area contributed by atoms with E-state index in [-0.39, 0.29) is 0 Å². The summed E-state index contributed by atoms with van der Waals surface area (Å²) in [5.74, 6) is 0. The van der Waals surface area contributed by atoms with E-state index >= 15 is 0 Å². The number of nitrogens with one attached hydrogen (secondary N) is 2. The molecule has 0 amide bonds. The van der Waals surface area contributed by atoms with Crippen LogP contribution in [0.15, 0.2) is 36.5 Å². The molecule has 0 aliphatic rings. The van der Waals surface area contributed by atoms with E-state index in [1.165, 1.54) is 0 Å². The fraction of sp³-hybridized carbons (Fsp3) is 0.0667. The van der Waals surface area contributed by atoms with Crippen LogP contribution in [-0.4, -0.2) is 10.2 Å². The normalized spacial score (nSPS) is 10.4. The van der Waals surface area contributed by atoms with Gasteiger partial charge in [0.25, 0.3) is 0 Å². The minimum atomic E-state index is 0.610. The van der Waals surface area contributed by atoms with E-state index in [0.29, 0.717) is 11.3 Å². The van der Waals surface area contributed by atoms with Crippen molar-refractivity contribution in [3.63, 3.8) is 0 Å². The number of nitriles is 1. The first kappa shape index (κ1) is 12.1. The van der Waals surface area contributed by atoms with Gasteiger partial charge in [-0.25, -0.2) is 0 Å². The van der Waals surface area contributed by atoms with Gasteiger partial charge >= 0.3 is 0 Å². The number of anilines is 3. The number of hydrogen-bond acceptors (Lipinski definition) is 4. The third-order valence-electron chi connectivity index (χ3n) is 3.25. The maximum absolute atomic E-state index is 8.97. The summed E-state index contributed by atoms with van der Waals surface area (Å²) in [6.45, 7) is 1.98. The van der Waals surface area contributed by atoms with Gasteiger partial charge in [-0.2, -0.15) is 10.4 Å². The van der Waals surface area contributed by atoms with Crippen LogP contribution in [0.3, 0.4) is 0 Å². The summed E-state index contributed by atoms with van der Waals surface area (Å²) in [4.78, 5) is 0. The third-order valence-corrected chi connectivity index (χ3v) is 3.25. The summed E-state index contributed by atoms with van der Waals surface area (Å²) in [5, 5.41) is 20.1. The Morgan fingerprint density at radius 3 is 2.90 bits per heavy atom. The molecule has 3 aromatic rings. The molecule has 0 saturated carbocycles. The van der Waals surface area contributed by atoms with Crippen molar-refractivity contribution in [3.8, 4) is 6.07 Å². The van der Waals surface area contributed by atoms with Crippen LogP contribution in [-0.2, 0) is 0 Å². The molecule has 0 unspecified atom stereocenters. The smallest absolute Gasteiger partial charge is 0.0992 e. The minimum Gasteiger partial charge on any atom is -0.397 e. The van der Waals surface area contributed by atoms with E-state index in [0.717, 1.165) is 27.8 Å². The number of rotatable bonds is 2. The number of aryl methyl sites for hydroxylation is 1. The summed E-state index contributed by atoms with van der Waals surface area (Å²) >= 11 is 0. The van der Waals surface area contributed by atoms with Crippen LogP contribution in [0.2, 0.25) is 0 Å². The number of aromatic amines is 1. The van der Waals surface area contributed by atoms with Crippen molar-refractivity contribution < 1.29 is 0 Å². The summed E-state index contributed by atoms with van der Waals surface area (Å²) in [6.07, 6.45) is 1.73. The molecule has 3 rings (SSSR count). The summed E-state index contributed by atoms with van der Waals surface area (Å²) < 4.78 is 0. The predicted molar refractivity (Wildman–Crippen MR) is 79.7 cm³/mol. The quantitative estimate of drug-likeness (QED) is 0.620. The molecule has 5 heteroatoms. The molecule has 0 fully saturated rings. The van der Waals surface area contributed by atoms with Crippen LogP contribution in [0.1, 0.15) is 11.1 Å². The lowest BCUT2D eigenvalue weighted by Crippen LogP contribution is -1.98. The van der Waals surface area contributed by atoms with E-state index in [1.807, 2.05) is 31.2 Å². The monoisotopic (exact) mass is 263 g/mol. The van der Waals surface area contributed by atoms with E-state index in [4.69, 9.17) is 11.0 Å². The molecule has 0 bridgehead atoms. The van der Waals surface area contributed by atoms with Crippen molar-refractivity contribution >= 4 is 28.0 Å². The van der Waals surface area contributed by atoms with Gasteiger partial charge in [-0.1, -0.05) is 6.07 Å². The highest BCUT2D eigenvalue weighted by Crippen LogP contribution is 2.29. The second kappa shape index (κ2) is 4.59. The molecular weight excluding hydrogens is 250 g/mol. The van der Waals surface area contributed by atoms with Crippen molar-refractivity contribution in [2.24, 2.45) is 0 Å². The Balaban J connectivity index is 2.04. The van der Waals surface area contributed by atoms with Gasteiger partial charge in [-0.15, -0.1) is 0 Å². The van der Waals surface area contributed by atoms with Gasteiger partial charge in [-0.3, -0.25) is 5.10 Å². The number of nitrogens with two attached hydrogens (primary N) is 1. The lowest BCUT2D eigenvalue weighted by Gasteiger charge is -2.12. The van der Waals surface area contributed by atoms with Gasteiger partial charge in [0.15, 0.2) is 0 Å². The summed E-state index contributed by atoms with van der Waals surface area (Å²) in [7, 11) is 0. The number of aromatic nitrogens is 2. The van der Waals surface area contributed by atoms with Gasteiger partial charge in [-0.05, 0) is 36.8 Å². The zero-order valence-electron chi connectivity index (χ0n) is 10.9. The molecule has 0 radical (unpaired) electrons.